The first-order valence-corrected chi connectivity index (χ1v) is 5.76. The summed E-state index contributed by atoms with van der Waals surface area (Å²) in [6.07, 6.45) is 12.2. The molecule has 0 saturated heterocycles. The van der Waals surface area contributed by atoms with Crippen LogP contribution in [-0.2, 0) is 9.53 Å². The zero-order valence-electron chi connectivity index (χ0n) is 9.76. The fourth-order valence-corrected chi connectivity index (χ4v) is 1.80. The van der Waals surface area contributed by atoms with Gasteiger partial charge in [0.2, 0.25) is 0 Å². The zero-order valence-corrected chi connectivity index (χ0v) is 9.76. The quantitative estimate of drug-likeness (QED) is 0.577. The molecule has 2 aliphatic carbocycles. The second-order valence-electron chi connectivity index (χ2n) is 4.15. The number of hydrogen-bond acceptors (Lipinski definition) is 3. The van der Waals surface area contributed by atoms with Gasteiger partial charge in [0.15, 0.2) is 0 Å². The Labute approximate surface area is 96.8 Å². The second-order valence-corrected chi connectivity index (χ2v) is 4.15. The van der Waals surface area contributed by atoms with E-state index in [-0.39, 0.29) is 11.9 Å². The van der Waals surface area contributed by atoms with Crippen molar-refractivity contribution in [1.82, 2.24) is 0 Å². The van der Waals surface area contributed by atoms with Crippen molar-refractivity contribution in [3.8, 4) is 0 Å². The minimum Gasteiger partial charge on any atom is -0.469 e. The van der Waals surface area contributed by atoms with Crippen LogP contribution in [0.1, 0.15) is 25.7 Å². The van der Waals surface area contributed by atoms with Gasteiger partial charge in [-0.15, -0.1) is 0 Å². The number of aliphatic hydroxyl groups is 1. The van der Waals surface area contributed by atoms with Crippen molar-refractivity contribution < 1.29 is 14.6 Å². The molecule has 3 nitrogen and oxygen atoms in total. The number of aliphatic hydroxyl groups excluding tert-OH is 1. The van der Waals surface area contributed by atoms with Gasteiger partial charge in [-0.05, 0) is 31.6 Å². The number of esters is 1. The molecule has 0 aromatic rings. The lowest BCUT2D eigenvalue weighted by atomic mass is 10.1. The summed E-state index contributed by atoms with van der Waals surface area (Å²) in [7, 11) is 1.43. The molecule has 0 fully saturated rings. The molecule has 90 valence electrons. The molecule has 0 amide bonds. The molecular formula is C13H20O3. The summed E-state index contributed by atoms with van der Waals surface area (Å²) in [5, 5.41) is 8.53. The predicted molar refractivity (Wildman–Crippen MR) is 62.8 cm³/mol. The molecule has 0 atom stereocenters. The highest BCUT2D eigenvalue weighted by molar-refractivity contribution is 5.73. The molecule has 2 aliphatic rings. The first-order chi connectivity index (χ1) is 7.77. The Balaban J connectivity index is 0.000000165. The van der Waals surface area contributed by atoms with Crippen molar-refractivity contribution in [1.29, 1.82) is 0 Å². The van der Waals surface area contributed by atoms with Gasteiger partial charge in [0.05, 0.1) is 13.0 Å². The van der Waals surface area contributed by atoms with Gasteiger partial charge in [0.25, 0.3) is 0 Å². The summed E-state index contributed by atoms with van der Waals surface area (Å²) >= 11 is 0. The Morgan fingerprint density at radius 2 is 1.69 bits per heavy atom. The maximum absolute atomic E-state index is 10.8. The summed E-state index contributed by atoms with van der Waals surface area (Å²) in [5.74, 6) is 0.565. The Bertz CT molecular complexity index is 252. The van der Waals surface area contributed by atoms with Crippen LogP contribution in [0.4, 0.5) is 0 Å². The van der Waals surface area contributed by atoms with E-state index in [9.17, 15) is 4.79 Å². The SMILES string of the molecule is COC(=O)C1CC=CC1.OCC1CC=CC1. The normalized spacial score (nSPS) is 19.6. The standard InChI is InChI=1S/C7H10O2.C6H10O/c1-9-7(8)6-4-2-3-5-6;7-5-6-3-1-2-4-6/h2-3,6H,4-5H2,1H3;1-2,6-7H,3-5H2. The third-order valence-corrected chi connectivity index (χ3v) is 2.91. The largest absolute Gasteiger partial charge is 0.469 e. The third-order valence-electron chi connectivity index (χ3n) is 2.91. The number of carbonyl (C=O) groups is 1. The van der Waals surface area contributed by atoms with Crippen molar-refractivity contribution >= 4 is 5.97 Å². The van der Waals surface area contributed by atoms with Gasteiger partial charge in [-0.2, -0.15) is 0 Å². The van der Waals surface area contributed by atoms with Gasteiger partial charge in [-0.1, -0.05) is 24.3 Å². The van der Waals surface area contributed by atoms with Gasteiger partial charge in [-0.25, -0.2) is 0 Å². The lowest BCUT2D eigenvalue weighted by molar-refractivity contribution is -0.144. The van der Waals surface area contributed by atoms with Crippen LogP contribution in [0.25, 0.3) is 0 Å². The molecule has 0 heterocycles. The number of allylic oxidation sites excluding steroid dienone is 4. The van der Waals surface area contributed by atoms with Crippen LogP contribution in [0, 0.1) is 11.8 Å². The molecule has 16 heavy (non-hydrogen) atoms. The maximum atomic E-state index is 10.8. The van der Waals surface area contributed by atoms with Crippen molar-refractivity contribution in [2.75, 3.05) is 13.7 Å². The number of methoxy groups -OCH3 is 1. The summed E-state index contributed by atoms with van der Waals surface area (Å²) in [5.41, 5.74) is 0. The van der Waals surface area contributed by atoms with E-state index in [2.05, 4.69) is 16.9 Å². The highest BCUT2D eigenvalue weighted by Crippen LogP contribution is 2.18. The Kier molecular flexibility index (Phi) is 5.86. The van der Waals surface area contributed by atoms with E-state index in [0.717, 1.165) is 25.7 Å². The lowest BCUT2D eigenvalue weighted by Crippen LogP contribution is -2.12. The lowest BCUT2D eigenvalue weighted by Gasteiger charge is -2.03. The summed E-state index contributed by atoms with van der Waals surface area (Å²) in [6.45, 7) is 0.354. The van der Waals surface area contributed by atoms with Crippen LogP contribution in [0.5, 0.6) is 0 Å². The molecule has 1 N–H and O–H groups in total. The minimum atomic E-state index is -0.0833. The number of rotatable bonds is 2. The average molecular weight is 224 g/mol. The van der Waals surface area contributed by atoms with Crippen LogP contribution >= 0.6 is 0 Å². The molecule has 0 bridgehead atoms. The monoisotopic (exact) mass is 224 g/mol. The van der Waals surface area contributed by atoms with Gasteiger partial charge in [-0.3, -0.25) is 4.79 Å². The van der Waals surface area contributed by atoms with E-state index in [4.69, 9.17) is 5.11 Å². The minimum absolute atomic E-state index is 0.0833. The molecule has 3 heteroatoms. The molecule has 0 saturated carbocycles. The Morgan fingerprint density at radius 3 is 2.06 bits per heavy atom. The molecule has 0 aromatic heterocycles. The fraction of sp³-hybridized carbons (Fsp3) is 0.615. The zero-order chi connectivity index (χ0) is 11.8. The summed E-state index contributed by atoms with van der Waals surface area (Å²) in [6, 6.07) is 0. The van der Waals surface area contributed by atoms with Gasteiger partial charge < -0.3 is 9.84 Å². The van der Waals surface area contributed by atoms with Crippen LogP contribution in [0.2, 0.25) is 0 Å². The van der Waals surface area contributed by atoms with Crippen LogP contribution in [-0.4, -0.2) is 24.8 Å². The first kappa shape index (κ1) is 13.0. The fourth-order valence-electron chi connectivity index (χ4n) is 1.80. The van der Waals surface area contributed by atoms with Gasteiger partial charge >= 0.3 is 5.97 Å². The number of hydrogen-bond donors (Lipinski definition) is 1. The Hall–Kier alpha value is -1.09. The van der Waals surface area contributed by atoms with E-state index >= 15 is 0 Å². The molecular weight excluding hydrogens is 204 g/mol. The molecule has 0 aromatic carbocycles. The van der Waals surface area contributed by atoms with E-state index in [1.54, 1.807) is 0 Å². The van der Waals surface area contributed by atoms with Gasteiger partial charge in [0.1, 0.15) is 0 Å². The average Bonchev–Trinajstić information content (AvgIpc) is 3.01. The summed E-state index contributed by atoms with van der Waals surface area (Å²) < 4.78 is 4.56. The van der Waals surface area contributed by atoms with E-state index in [1.165, 1.54) is 7.11 Å². The predicted octanol–water partition coefficient (Wildman–Crippen LogP) is 2.07. The molecule has 0 aliphatic heterocycles. The van der Waals surface area contributed by atoms with Crippen LogP contribution in [0.15, 0.2) is 24.3 Å². The van der Waals surface area contributed by atoms with Crippen LogP contribution in [0.3, 0.4) is 0 Å². The van der Waals surface area contributed by atoms with E-state index in [1.807, 2.05) is 12.2 Å². The molecule has 0 spiro atoms. The highest BCUT2D eigenvalue weighted by atomic mass is 16.5. The van der Waals surface area contributed by atoms with E-state index < -0.39 is 0 Å². The highest BCUT2D eigenvalue weighted by Gasteiger charge is 2.18. The van der Waals surface area contributed by atoms with Crippen molar-refractivity contribution in [3.05, 3.63) is 24.3 Å². The first-order valence-electron chi connectivity index (χ1n) is 5.76. The van der Waals surface area contributed by atoms with Crippen molar-refractivity contribution in [3.63, 3.8) is 0 Å². The summed E-state index contributed by atoms with van der Waals surface area (Å²) in [4.78, 5) is 10.8. The Morgan fingerprint density at radius 1 is 1.19 bits per heavy atom. The molecule has 2 rings (SSSR count). The molecule has 0 unspecified atom stereocenters. The van der Waals surface area contributed by atoms with Crippen LogP contribution < -0.4 is 0 Å². The van der Waals surface area contributed by atoms with E-state index in [0.29, 0.717) is 12.5 Å². The third kappa shape index (κ3) is 4.19. The smallest absolute Gasteiger partial charge is 0.309 e. The van der Waals surface area contributed by atoms with Gasteiger partial charge in [0, 0.05) is 6.61 Å². The second kappa shape index (κ2) is 7.23. The number of carbonyl (C=O) groups excluding carboxylic acids is 1. The van der Waals surface area contributed by atoms with Crippen molar-refractivity contribution in [2.24, 2.45) is 11.8 Å². The van der Waals surface area contributed by atoms with Crippen molar-refractivity contribution in [2.45, 2.75) is 25.7 Å². The number of ether oxygens (including phenoxy) is 1. The molecule has 0 radical (unpaired) electrons. The topological polar surface area (TPSA) is 46.5 Å². The maximum Gasteiger partial charge on any atom is 0.309 e.